The fourth-order valence-electron chi connectivity index (χ4n) is 1.27. The van der Waals surface area contributed by atoms with E-state index in [4.69, 9.17) is 0 Å². The van der Waals surface area contributed by atoms with Crippen molar-refractivity contribution < 1.29 is 13.7 Å². The first-order valence-corrected chi connectivity index (χ1v) is 4.85. The first-order chi connectivity index (χ1) is 7.08. The molecule has 78 valence electrons. The number of nitro groups is 1. The van der Waals surface area contributed by atoms with Crippen molar-refractivity contribution in [2.75, 3.05) is 0 Å². The van der Waals surface area contributed by atoms with Crippen LogP contribution in [-0.4, -0.2) is 4.92 Å². The van der Waals surface area contributed by atoms with Gasteiger partial charge in [-0.2, -0.15) is 0 Å². The van der Waals surface area contributed by atoms with Gasteiger partial charge in [0, 0.05) is 16.8 Å². The smallest absolute Gasteiger partial charge is 0.258 e. The molecule has 0 saturated carbocycles. The van der Waals surface area contributed by atoms with Gasteiger partial charge < -0.3 is 0 Å². The molecule has 0 aliphatic rings. The molecule has 0 aliphatic heterocycles. The normalized spacial score (nSPS) is 11.1. The Hall–Kier alpha value is -1.56. The van der Waals surface area contributed by atoms with E-state index in [1.165, 1.54) is 24.3 Å². The maximum Gasteiger partial charge on any atom is 0.272 e. The van der Waals surface area contributed by atoms with Crippen LogP contribution in [-0.2, 0) is 0 Å². The summed E-state index contributed by atoms with van der Waals surface area (Å²) in [5.41, 5.74) is -0.0823. The third-order valence-electron chi connectivity index (χ3n) is 1.94. The second kappa shape index (κ2) is 3.54. The molecule has 0 saturated heterocycles. The highest BCUT2D eigenvalue weighted by molar-refractivity contribution is 7.19. The Bertz CT molecular complexity index is 524. The lowest BCUT2D eigenvalue weighted by Gasteiger charge is -1.89. The molecule has 0 bridgehead atoms. The van der Waals surface area contributed by atoms with Crippen molar-refractivity contribution in [3.05, 3.63) is 39.3 Å². The van der Waals surface area contributed by atoms with Crippen molar-refractivity contribution in [2.45, 2.75) is 6.43 Å². The lowest BCUT2D eigenvalue weighted by atomic mass is 10.2. The van der Waals surface area contributed by atoms with Crippen LogP contribution in [0.2, 0.25) is 0 Å². The van der Waals surface area contributed by atoms with Gasteiger partial charge in [0.2, 0.25) is 0 Å². The average molecular weight is 229 g/mol. The maximum absolute atomic E-state index is 12.3. The molecule has 0 amide bonds. The van der Waals surface area contributed by atoms with Gasteiger partial charge in [-0.05, 0) is 17.5 Å². The standard InChI is InChI=1S/C9H5F2NO2S/c10-9(11)8-4-5-3-6(12(13)14)1-2-7(5)15-8/h1-4,9H. The Labute approximate surface area is 87.1 Å². The van der Waals surface area contributed by atoms with Gasteiger partial charge in [-0.15, -0.1) is 11.3 Å². The number of thiophene rings is 1. The number of rotatable bonds is 2. The van der Waals surface area contributed by atoms with E-state index in [-0.39, 0.29) is 10.6 Å². The van der Waals surface area contributed by atoms with E-state index < -0.39 is 11.3 Å². The highest BCUT2D eigenvalue weighted by Crippen LogP contribution is 2.33. The Morgan fingerprint density at radius 2 is 2.07 bits per heavy atom. The van der Waals surface area contributed by atoms with Crippen molar-refractivity contribution >= 4 is 27.1 Å². The molecule has 0 spiro atoms. The molecule has 0 aliphatic carbocycles. The quantitative estimate of drug-likeness (QED) is 0.581. The molecule has 3 nitrogen and oxygen atoms in total. The Balaban J connectivity index is 2.57. The zero-order chi connectivity index (χ0) is 11.0. The van der Waals surface area contributed by atoms with Crippen molar-refractivity contribution in [3.8, 4) is 0 Å². The van der Waals surface area contributed by atoms with Crippen LogP contribution in [0.4, 0.5) is 14.5 Å². The highest BCUT2D eigenvalue weighted by atomic mass is 32.1. The number of nitrogens with zero attached hydrogens (tertiary/aromatic N) is 1. The molecular weight excluding hydrogens is 224 g/mol. The minimum Gasteiger partial charge on any atom is -0.258 e. The number of benzene rings is 1. The molecule has 1 heterocycles. The molecule has 6 heteroatoms. The lowest BCUT2D eigenvalue weighted by Crippen LogP contribution is -1.85. The highest BCUT2D eigenvalue weighted by Gasteiger charge is 2.13. The van der Waals surface area contributed by atoms with E-state index in [1.54, 1.807) is 0 Å². The number of hydrogen-bond donors (Lipinski definition) is 0. The first-order valence-electron chi connectivity index (χ1n) is 4.04. The van der Waals surface area contributed by atoms with Crippen LogP contribution < -0.4 is 0 Å². The molecule has 1 aromatic heterocycles. The summed E-state index contributed by atoms with van der Waals surface area (Å²) in [6, 6.07) is 5.40. The predicted octanol–water partition coefficient (Wildman–Crippen LogP) is 3.75. The van der Waals surface area contributed by atoms with Crippen LogP contribution in [0.25, 0.3) is 10.1 Å². The summed E-state index contributed by atoms with van der Waals surface area (Å²) in [6.07, 6.45) is -2.53. The minimum absolute atomic E-state index is 0.0644. The molecular formula is C9H5F2NO2S. The molecule has 0 atom stereocenters. The summed E-state index contributed by atoms with van der Waals surface area (Å²) < 4.78 is 25.3. The molecule has 0 N–H and O–H groups in total. The molecule has 1 aromatic carbocycles. The number of alkyl halides is 2. The van der Waals surface area contributed by atoms with Gasteiger partial charge >= 0.3 is 0 Å². The second-order valence-corrected chi connectivity index (χ2v) is 4.04. The van der Waals surface area contributed by atoms with Crippen molar-refractivity contribution in [1.82, 2.24) is 0 Å². The van der Waals surface area contributed by atoms with E-state index in [0.29, 0.717) is 10.1 Å². The Morgan fingerprint density at radius 1 is 1.33 bits per heavy atom. The third-order valence-corrected chi connectivity index (χ3v) is 3.07. The van der Waals surface area contributed by atoms with Gasteiger partial charge in [0.05, 0.1) is 9.80 Å². The number of nitro benzene ring substituents is 1. The maximum atomic E-state index is 12.3. The average Bonchev–Trinajstić information content (AvgIpc) is 2.59. The van der Waals surface area contributed by atoms with Crippen LogP contribution in [0.15, 0.2) is 24.3 Å². The van der Waals surface area contributed by atoms with Crippen LogP contribution >= 0.6 is 11.3 Å². The molecule has 0 unspecified atom stereocenters. The SMILES string of the molecule is O=[N+]([O-])c1ccc2sc(C(F)F)cc2c1. The van der Waals surface area contributed by atoms with E-state index in [9.17, 15) is 18.9 Å². The third kappa shape index (κ3) is 1.80. The summed E-state index contributed by atoms with van der Waals surface area (Å²) >= 11 is 0.953. The van der Waals surface area contributed by atoms with Gasteiger partial charge in [0.25, 0.3) is 12.1 Å². The summed E-state index contributed by atoms with van der Waals surface area (Å²) in [6.45, 7) is 0. The van der Waals surface area contributed by atoms with E-state index in [1.807, 2.05) is 0 Å². The lowest BCUT2D eigenvalue weighted by molar-refractivity contribution is -0.384. The fraction of sp³-hybridized carbons (Fsp3) is 0.111. The molecule has 0 radical (unpaired) electrons. The number of non-ortho nitro benzene ring substituents is 1. The fourth-order valence-corrected chi connectivity index (χ4v) is 2.17. The molecule has 0 fully saturated rings. The number of fused-ring (bicyclic) bond motifs is 1. The zero-order valence-corrected chi connectivity index (χ0v) is 8.13. The van der Waals surface area contributed by atoms with Gasteiger partial charge in [-0.1, -0.05) is 0 Å². The van der Waals surface area contributed by atoms with E-state index in [2.05, 4.69) is 0 Å². The molecule has 2 rings (SSSR count). The van der Waals surface area contributed by atoms with Gasteiger partial charge in [0.15, 0.2) is 0 Å². The first kappa shape index (κ1) is 9.97. The van der Waals surface area contributed by atoms with E-state index >= 15 is 0 Å². The van der Waals surface area contributed by atoms with Gasteiger partial charge in [-0.25, -0.2) is 8.78 Å². The van der Waals surface area contributed by atoms with Crippen LogP contribution in [0.3, 0.4) is 0 Å². The summed E-state index contributed by atoms with van der Waals surface area (Å²) in [5, 5.41) is 10.9. The number of halogens is 2. The van der Waals surface area contributed by atoms with Crippen LogP contribution in [0.1, 0.15) is 11.3 Å². The monoisotopic (exact) mass is 229 g/mol. The van der Waals surface area contributed by atoms with E-state index in [0.717, 1.165) is 11.3 Å². The van der Waals surface area contributed by atoms with Crippen molar-refractivity contribution in [3.63, 3.8) is 0 Å². The predicted molar refractivity (Wildman–Crippen MR) is 53.4 cm³/mol. The van der Waals surface area contributed by atoms with Crippen molar-refractivity contribution in [1.29, 1.82) is 0 Å². The topological polar surface area (TPSA) is 43.1 Å². The molecule has 15 heavy (non-hydrogen) atoms. The summed E-state index contributed by atoms with van der Waals surface area (Å²) in [5.74, 6) is 0. The minimum atomic E-state index is -2.53. The van der Waals surface area contributed by atoms with Crippen LogP contribution in [0.5, 0.6) is 0 Å². The summed E-state index contributed by atoms with van der Waals surface area (Å²) in [7, 11) is 0. The zero-order valence-electron chi connectivity index (χ0n) is 7.31. The number of hydrogen-bond acceptors (Lipinski definition) is 3. The second-order valence-electron chi connectivity index (χ2n) is 2.93. The Kier molecular flexibility index (Phi) is 2.36. The Morgan fingerprint density at radius 3 is 2.67 bits per heavy atom. The van der Waals surface area contributed by atoms with Gasteiger partial charge in [-0.3, -0.25) is 10.1 Å². The van der Waals surface area contributed by atoms with Crippen LogP contribution in [0, 0.1) is 10.1 Å². The van der Waals surface area contributed by atoms with Crippen molar-refractivity contribution in [2.24, 2.45) is 0 Å². The largest absolute Gasteiger partial charge is 0.272 e. The molecule has 2 aromatic rings. The summed E-state index contributed by atoms with van der Waals surface area (Å²) in [4.78, 5) is 9.84. The van der Waals surface area contributed by atoms with Gasteiger partial charge in [0.1, 0.15) is 0 Å².